The monoisotopic (exact) mass is 731 g/mol. The van der Waals surface area contributed by atoms with E-state index in [9.17, 15) is 0 Å². The molecule has 0 aliphatic heterocycles. The Hall–Kier alpha value is -6.18. The molecule has 0 atom stereocenters. The molecule has 4 bridgehead atoms. The second-order valence-electron chi connectivity index (χ2n) is 17.3. The first kappa shape index (κ1) is 33.0. The number of nitrogens with zero attached hydrogens (tertiary/aromatic N) is 1. The number of benzene rings is 8. The molecule has 0 amide bonds. The van der Waals surface area contributed by atoms with Crippen molar-refractivity contribution in [2.75, 3.05) is 4.90 Å². The van der Waals surface area contributed by atoms with Crippen LogP contribution in [0.25, 0.3) is 55.3 Å². The molecule has 0 unspecified atom stereocenters. The third kappa shape index (κ3) is 5.08. The van der Waals surface area contributed by atoms with Crippen LogP contribution >= 0.6 is 0 Å². The molecule has 8 aromatic rings. The van der Waals surface area contributed by atoms with Crippen molar-refractivity contribution in [2.24, 2.45) is 23.7 Å². The largest absolute Gasteiger partial charge is 0.310 e. The molecule has 5 aliphatic rings. The molecule has 1 nitrogen and oxygen atoms in total. The molecule has 1 heteroatoms. The first-order chi connectivity index (χ1) is 28.2. The van der Waals surface area contributed by atoms with Gasteiger partial charge in [0.25, 0.3) is 0 Å². The Labute approximate surface area is 336 Å². The van der Waals surface area contributed by atoms with Crippen LogP contribution in [0, 0.1) is 23.7 Å². The van der Waals surface area contributed by atoms with E-state index < -0.39 is 0 Å². The molecule has 0 heterocycles. The van der Waals surface area contributed by atoms with Gasteiger partial charge in [0.2, 0.25) is 0 Å². The second kappa shape index (κ2) is 12.9. The highest BCUT2D eigenvalue weighted by Gasteiger charge is 2.61. The SMILES string of the molecule is c1ccc(-c2ccc(N(c3ccc(-c4ccc5c(c4)C4(c6ccccc6-5)C5CC6CC(C5)CC4C6)cc3)c3ccc(-c4ccccc4)c4ccccc34)cc2)cc1. The van der Waals surface area contributed by atoms with Gasteiger partial charge in [0.05, 0.1) is 5.69 Å². The molecule has 1 spiro atoms. The summed E-state index contributed by atoms with van der Waals surface area (Å²) in [5, 5.41) is 2.48. The normalized spacial score (nSPS) is 22.5. The first-order valence-corrected chi connectivity index (χ1v) is 21.1. The second-order valence-corrected chi connectivity index (χ2v) is 17.3. The lowest BCUT2D eigenvalue weighted by atomic mass is 9.43. The number of hydrogen-bond acceptors (Lipinski definition) is 1. The van der Waals surface area contributed by atoms with Gasteiger partial charge < -0.3 is 4.90 Å². The molecule has 13 rings (SSSR count). The summed E-state index contributed by atoms with van der Waals surface area (Å²) in [7, 11) is 0. The maximum absolute atomic E-state index is 2.61. The lowest BCUT2D eigenvalue weighted by molar-refractivity contribution is -0.0399. The zero-order valence-corrected chi connectivity index (χ0v) is 32.2. The van der Waals surface area contributed by atoms with Crippen molar-refractivity contribution in [1.82, 2.24) is 0 Å². The highest BCUT2D eigenvalue weighted by molar-refractivity contribution is 6.06. The summed E-state index contributed by atoms with van der Waals surface area (Å²) in [4.78, 5) is 2.44. The molecule has 0 saturated heterocycles. The average molecular weight is 732 g/mol. The topological polar surface area (TPSA) is 3.24 Å². The summed E-state index contributed by atoms with van der Waals surface area (Å²) in [6.45, 7) is 0. The molecule has 5 aliphatic carbocycles. The highest BCUT2D eigenvalue weighted by atomic mass is 15.1. The number of rotatable bonds is 6. The molecular formula is C56H45N. The first-order valence-electron chi connectivity index (χ1n) is 21.1. The number of hydrogen-bond donors (Lipinski definition) is 0. The summed E-state index contributed by atoms with van der Waals surface area (Å²) < 4.78 is 0. The molecule has 0 aromatic heterocycles. The molecule has 57 heavy (non-hydrogen) atoms. The predicted molar refractivity (Wildman–Crippen MR) is 238 cm³/mol. The fraction of sp³-hybridized carbons (Fsp3) is 0.179. The van der Waals surface area contributed by atoms with Gasteiger partial charge in [-0.2, -0.15) is 0 Å². The quantitative estimate of drug-likeness (QED) is 0.165. The fourth-order valence-corrected chi connectivity index (χ4v) is 12.3. The Balaban J connectivity index is 0.970. The van der Waals surface area contributed by atoms with E-state index in [0.717, 1.165) is 35.0 Å². The molecule has 4 saturated carbocycles. The third-order valence-electron chi connectivity index (χ3n) is 14.5. The lowest BCUT2D eigenvalue weighted by Crippen LogP contribution is -2.55. The summed E-state index contributed by atoms with van der Waals surface area (Å²) in [5.41, 5.74) is 17.4. The van der Waals surface area contributed by atoms with Crippen molar-refractivity contribution in [2.45, 2.75) is 37.5 Å². The van der Waals surface area contributed by atoms with Crippen LogP contribution in [0.1, 0.15) is 43.2 Å². The van der Waals surface area contributed by atoms with E-state index in [1.807, 2.05) is 0 Å². The minimum Gasteiger partial charge on any atom is -0.310 e. The van der Waals surface area contributed by atoms with Gasteiger partial charge in [0.1, 0.15) is 0 Å². The van der Waals surface area contributed by atoms with Crippen LogP contribution in [-0.4, -0.2) is 0 Å². The maximum Gasteiger partial charge on any atom is 0.0540 e. The number of anilines is 3. The molecule has 4 fully saturated rings. The van der Waals surface area contributed by atoms with Crippen LogP contribution in [0.15, 0.2) is 188 Å². The minimum atomic E-state index is 0.172. The van der Waals surface area contributed by atoms with Crippen LogP contribution < -0.4 is 4.90 Å². The van der Waals surface area contributed by atoms with Crippen LogP contribution in [0.2, 0.25) is 0 Å². The summed E-state index contributed by atoms with van der Waals surface area (Å²) >= 11 is 0. The smallest absolute Gasteiger partial charge is 0.0540 e. The zero-order valence-electron chi connectivity index (χ0n) is 32.2. The lowest BCUT2D eigenvalue weighted by Gasteiger charge is -2.61. The Morgan fingerprint density at radius 2 is 0.842 bits per heavy atom. The number of fused-ring (bicyclic) bond motifs is 4. The molecule has 0 radical (unpaired) electrons. The van der Waals surface area contributed by atoms with Gasteiger partial charge in [-0.1, -0.05) is 152 Å². The molecule has 274 valence electrons. The maximum atomic E-state index is 2.61. The minimum absolute atomic E-state index is 0.172. The molecular weight excluding hydrogens is 687 g/mol. The Kier molecular flexibility index (Phi) is 7.49. The highest BCUT2D eigenvalue weighted by Crippen LogP contribution is 2.69. The van der Waals surface area contributed by atoms with Gasteiger partial charge in [-0.15, -0.1) is 0 Å². The van der Waals surface area contributed by atoms with Gasteiger partial charge in [0.15, 0.2) is 0 Å². The van der Waals surface area contributed by atoms with Crippen LogP contribution in [0.3, 0.4) is 0 Å². The molecule has 8 aromatic carbocycles. The van der Waals surface area contributed by atoms with E-state index in [4.69, 9.17) is 0 Å². The summed E-state index contributed by atoms with van der Waals surface area (Å²) in [6.07, 6.45) is 7.10. The van der Waals surface area contributed by atoms with Gasteiger partial charge >= 0.3 is 0 Å². The van der Waals surface area contributed by atoms with E-state index >= 15 is 0 Å². The Morgan fingerprint density at radius 3 is 1.51 bits per heavy atom. The standard InChI is InChI=1S/C56H45N/c1-3-11-39(12-4-1)40-19-24-46(25-20-40)57(55-30-29-48(42-13-5-2-6-14-42)49-15-7-8-17-52(49)55)47-26-21-41(22-27-47)43-23-28-51-50-16-9-10-18-53(50)56(54(51)36-43)44-32-37-31-38(34-44)35-45(56)33-37/h1-30,36-38,44-45H,31-35H2. The van der Waals surface area contributed by atoms with Crippen LogP contribution in [-0.2, 0) is 5.41 Å². The summed E-state index contributed by atoms with van der Waals surface area (Å²) in [5.74, 6) is 3.40. The van der Waals surface area contributed by atoms with E-state index in [1.165, 1.54) is 93.1 Å². The van der Waals surface area contributed by atoms with Crippen molar-refractivity contribution >= 4 is 27.8 Å². The van der Waals surface area contributed by atoms with Crippen molar-refractivity contribution in [3.05, 3.63) is 199 Å². The summed E-state index contributed by atoms with van der Waals surface area (Å²) in [6, 6.07) is 70.3. The van der Waals surface area contributed by atoms with E-state index in [1.54, 1.807) is 11.1 Å². The van der Waals surface area contributed by atoms with Gasteiger partial charge in [0, 0.05) is 22.2 Å². The van der Waals surface area contributed by atoms with Crippen LogP contribution in [0.4, 0.5) is 17.1 Å². The van der Waals surface area contributed by atoms with Crippen molar-refractivity contribution in [3.63, 3.8) is 0 Å². The molecule has 0 N–H and O–H groups in total. The fourth-order valence-electron chi connectivity index (χ4n) is 12.3. The van der Waals surface area contributed by atoms with E-state index in [0.29, 0.717) is 0 Å². The van der Waals surface area contributed by atoms with Gasteiger partial charge in [-0.25, -0.2) is 0 Å². The van der Waals surface area contributed by atoms with Gasteiger partial charge in [-0.3, -0.25) is 0 Å². The Bertz CT molecular complexity index is 2750. The van der Waals surface area contributed by atoms with E-state index in [-0.39, 0.29) is 5.41 Å². The van der Waals surface area contributed by atoms with Gasteiger partial charge in [-0.05, 0) is 153 Å². The average Bonchev–Trinajstić information content (AvgIpc) is 3.56. The third-order valence-corrected chi connectivity index (χ3v) is 14.5. The zero-order chi connectivity index (χ0) is 37.5. The van der Waals surface area contributed by atoms with Crippen molar-refractivity contribution in [3.8, 4) is 44.5 Å². The van der Waals surface area contributed by atoms with Crippen LogP contribution in [0.5, 0.6) is 0 Å². The predicted octanol–water partition coefficient (Wildman–Crippen LogP) is 15.0. The van der Waals surface area contributed by atoms with Crippen molar-refractivity contribution < 1.29 is 0 Å². The van der Waals surface area contributed by atoms with Crippen molar-refractivity contribution in [1.29, 1.82) is 0 Å². The van der Waals surface area contributed by atoms with E-state index in [2.05, 4.69) is 193 Å². The Morgan fingerprint density at radius 1 is 0.351 bits per heavy atom.